The van der Waals surface area contributed by atoms with Gasteiger partial charge in [-0.3, -0.25) is 4.79 Å². The molecular weight excluding hydrogens is 352 g/mol. The van der Waals surface area contributed by atoms with Gasteiger partial charge in [-0.2, -0.15) is 8.78 Å². The average Bonchev–Trinajstić information content (AvgIpc) is 2.92. The zero-order valence-electron chi connectivity index (χ0n) is 13.0. The minimum absolute atomic E-state index is 0.00884. The number of furan rings is 1. The Kier molecular flexibility index (Phi) is 4.30. The maximum Gasteiger partial charge on any atom is 0.341 e. The molecule has 0 aliphatic rings. The number of benzene rings is 2. The lowest BCUT2D eigenvalue weighted by molar-refractivity contribution is 0.0997. The molecule has 2 aromatic carbocycles. The number of hydrogen-bond donors (Lipinski definition) is 1. The van der Waals surface area contributed by atoms with Gasteiger partial charge in [-0.25, -0.2) is 8.42 Å². The van der Waals surface area contributed by atoms with Crippen molar-refractivity contribution >= 4 is 32.4 Å². The van der Waals surface area contributed by atoms with Crippen molar-refractivity contribution in [3.05, 3.63) is 59.9 Å². The molecule has 1 heterocycles. The third kappa shape index (κ3) is 3.00. The van der Waals surface area contributed by atoms with Gasteiger partial charge in [0, 0.05) is 10.9 Å². The van der Waals surface area contributed by atoms with Gasteiger partial charge in [0.15, 0.2) is 5.76 Å². The highest BCUT2D eigenvalue weighted by Gasteiger charge is 2.30. The van der Waals surface area contributed by atoms with Gasteiger partial charge < -0.3 is 9.73 Å². The number of nitrogens with one attached hydrogen (secondary N) is 1. The third-order valence-electron chi connectivity index (χ3n) is 3.73. The Hall–Kier alpha value is -2.74. The van der Waals surface area contributed by atoms with Gasteiger partial charge in [0.05, 0.1) is 10.6 Å². The number of amides is 1. The molecule has 0 atom stereocenters. The first kappa shape index (κ1) is 17.1. The van der Waals surface area contributed by atoms with Gasteiger partial charge in [-0.1, -0.05) is 30.3 Å². The van der Waals surface area contributed by atoms with E-state index in [2.05, 4.69) is 5.32 Å². The van der Waals surface area contributed by atoms with Crippen LogP contribution >= 0.6 is 0 Å². The quantitative estimate of drug-likeness (QED) is 0.758. The Labute approximate surface area is 142 Å². The van der Waals surface area contributed by atoms with E-state index in [1.165, 1.54) is 18.2 Å². The monoisotopic (exact) mass is 365 g/mol. The first-order valence-corrected chi connectivity index (χ1v) is 8.77. The Balaban J connectivity index is 2.00. The number of fused-ring (bicyclic) bond motifs is 1. The van der Waals surface area contributed by atoms with Gasteiger partial charge in [-0.05, 0) is 25.1 Å². The van der Waals surface area contributed by atoms with Gasteiger partial charge >= 0.3 is 5.76 Å². The van der Waals surface area contributed by atoms with Crippen molar-refractivity contribution in [1.29, 1.82) is 0 Å². The summed E-state index contributed by atoms with van der Waals surface area (Å²) in [5.74, 6) is -4.31. The molecule has 0 aliphatic carbocycles. The number of sulfone groups is 1. The lowest BCUT2D eigenvalue weighted by Gasteiger charge is -2.10. The van der Waals surface area contributed by atoms with Crippen LogP contribution in [-0.4, -0.2) is 20.1 Å². The summed E-state index contributed by atoms with van der Waals surface area (Å²) in [6, 6.07) is 12.0. The molecule has 1 amide bonds. The summed E-state index contributed by atoms with van der Waals surface area (Å²) in [5.41, 5.74) is 0.841. The molecule has 25 heavy (non-hydrogen) atoms. The lowest BCUT2D eigenvalue weighted by Crippen LogP contribution is -2.18. The normalized spacial score (nSPS) is 11.8. The third-order valence-corrected chi connectivity index (χ3v) is 5.16. The van der Waals surface area contributed by atoms with E-state index < -0.39 is 26.4 Å². The van der Waals surface area contributed by atoms with E-state index in [-0.39, 0.29) is 11.4 Å². The Bertz CT molecular complexity index is 1060. The zero-order chi connectivity index (χ0) is 18.2. The van der Waals surface area contributed by atoms with E-state index in [1.807, 2.05) is 0 Å². The summed E-state index contributed by atoms with van der Waals surface area (Å²) in [4.78, 5) is 11.8. The van der Waals surface area contributed by atoms with Crippen molar-refractivity contribution in [3.63, 3.8) is 0 Å². The largest absolute Gasteiger partial charge is 0.451 e. The molecule has 3 aromatic rings. The molecular formula is C17H13F2NO4S. The fourth-order valence-electron chi connectivity index (χ4n) is 2.48. The second-order valence-electron chi connectivity index (χ2n) is 5.31. The van der Waals surface area contributed by atoms with Crippen molar-refractivity contribution in [2.24, 2.45) is 0 Å². The van der Waals surface area contributed by atoms with Crippen molar-refractivity contribution in [2.45, 2.75) is 17.6 Å². The number of para-hydroxylation sites is 2. The van der Waals surface area contributed by atoms with Gasteiger partial charge in [0.2, 0.25) is 9.84 Å². The van der Waals surface area contributed by atoms with Crippen molar-refractivity contribution in [3.8, 4) is 0 Å². The molecule has 0 fully saturated rings. The molecule has 0 unspecified atom stereocenters. The topological polar surface area (TPSA) is 76.4 Å². The van der Waals surface area contributed by atoms with Crippen molar-refractivity contribution in [2.75, 3.05) is 5.32 Å². The van der Waals surface area contributed by atoms with Crippen LogP contribution in [0.4, 0.5) is 14.5 Å². The number of rotatable bonds is 4. The molecule has 0 aliphatic heterocycles. The summed E-state index contributed by atoms with van der Waals surface area (Å²) in [5, 5.41) is 3.08. The highest BCUT2D eigenvalue weighted by molar-refractivity contribution is 7.91. The van der Waals surface area contributed by atoms with Gasteiger partial charge in [0.1, 0.15) is 5.58 Å². The Morgan fingerprint density at radius 3 is 2.40 bits per heavy atom. The standard InChI is InChI=1S/C17H13F2NO4S/c1-10-11-6-2-4-8-13(11)24-15(10)16(21)20-12-7-3-5-9-14(12)25(22,23)17(18)19/h2-9,17H,1H3,(H,20,21). The molecule has 0 saturated heterocycles. The number of halogens is 2. The van der Waals surface area contributed by atoms with Crippen LogP contribution in [0.5, 0.6) is 0 Å². The van der Waals surface area contributed by atoms with E-state index >= 15 is 0 Å². The summed E-state index contributed by atoms with van der Waals surface area (Å²) < 4.78 is 54.7. The van der Waals surface area contributed by atoms with Crippen LogP contribution in [0.25, 0.3) is 11.0 Å². The fraction of sp³-hybridized carbons (Fsp3) is 0.118. The molecule has 5 nitrogen and oxygen atoms in total. The lowest BCUT2D eigenvalue weighted by atomic mass is 10.1. The van der Waals surface area contributed by atoms with E-state index in [0.29, 0.717) is 11.1 Å². The Morgan fingerprint density at radius 1 is 1.08 bits per heavy atom. The fourth-order valence-corrected chi connectivity index (χ4v) is 3.37. The maximum atomic E-state index is 12.8. The predicted octanol–water partition coefficient (Wildman–Crippen LogP) is 3.99. The summed E-state index contributed by atoms with van der Waals surface area (Å²) in [6.45, 7) is 1.68. The second-order valence-corrected chi connectivity index (χ2v) is 7.19. The minimum atomic E-state index is -4.85. The smallest absolute Gasteiger partial charge is 0.341 e. The van der Waals surface area contributed by atoms with Gasteiger partial charge in [-0.15, -0.1) is 0 Å². The van der Waals surface area contributed by atoms with Crippen LogP contribution in [0.3, 0.4) is 0 Å². The Morgan fingerprint density at radius 2 is 1.72 bits per heavy atom. The van der Waals surface area contributed by atoms with Crippen LogP contribution in [0, 0.1) is 6.92 Å². The molecule has 0 saturated carbocycles. The molecule has 0 radical (unpaired) electrons. The van der Waals surface area contributed by atoms with E-state index in [4.69, 9.17) is 4.42 Å². The number of anilines is 1. The van der Waals surface area contributed by atoms with Crippen LogP contribution in [0.1, 0.15) is 16.1 Å². The molecule has 8 heteroatoms. The zero-order valence-corrected chi connectivity index (χ0v) is 13.8. The van der Waals surface area contributed by atoms with E-state index in [9.17, 15) is 22.0 Å². The number of aryl methyl sites for hydroxylation is 1. The van der Waals surface area contributed by atoms with Gasteiger partial charge in [0.25, 0.3) is 5.91 Å². The van der Waals surface area contributed by atoms with E-state index in [1.54, 1.807) is 31.2 Å². The molecule has 0 spiro atoms. The minimum Gasteiger partial charge on any atom is -0.451 e. The van der Waals surface area contributed by atoms with E-state index in [0.717, 1.165) is 11.5 Å². The number of hydrogen-bond acceptors (Lipinski definition) is 4. The van der Waals surface area contributed by atoms with Crippen molar-refractivity contribution < 1.29 is 26.4 Å². The number of carbonyl (C=O) groups is 1. The highest BCUT2D eigenvalue weighted by atomic mass is 32.2. The first-order valence-electron chi connectivity index (χ1n) is 7.23. The summed E-state index contributed by atoms with van der Waals surface area (Å²) >= 11 is 0. The number of carbonyl (C=O) groups excluding carboxylic acids is 1. The van der Waals surface area contributed by atoms with Crippen LogP contribution in [0.15, 0.2) is 57.8 Å². The molecule has 1 aromatic heterocycles. The molecule has 0 bridgehead atoms. The molecule has 1 N–H and O–H groups in total. The predicted molar refractivity (Wildman–Crippen MR) is 88.5 cm³/mol. The van der Waals surface area contributed by atoms with Crippen LogP contribution in [-0.2, 0) is 9.84 Å². The average molecular weight is 365 g/mol. The summed E-state index contributed by atoms with van der Waals surface area (Å²) in [7, 11) is -4.85. The first-order chi connectivity index (χ1) is 11.8. The highest BCUT2D eigenvalue weighted by Crippen LogP contribution is 2.29. The van der Waals surface area contributed by atoms with Crippen molar-refractivity contribution in [1.82, 2.24) is 0 Å². The second kappa shape index (κ2) is 6.29. The number of alkyl halides is 2. The summed E-state index contributed by atoms with van der Waals surface area (Å²) in [6.07, 6.45) is 0. The SMILES string of the molecule is Cc1c(C(=O)Nc2ccccc2S(=O)(=O)C(F)F)oc2ccccc12. The molecule has 130 valence electrons. The van der Waals surface area contributed by atoms with Crippen LogP contribution < -0.4 is 5.32 Å². The molecule has 3 rings (SSSR count). The maximum absolute atomic E-state index is 12.8. The van der Waals surface area contributed by atoms with Crippen LogP contribution in [0.2, 0.25) is 0 Å².